The van der Waals surface area contributed by atoms with Gasteiger partial charge in [0.05, 0.1) is 26.2 Å². The van der Waals surface area contributed by atoms with E-state index in [2.05, 4.69) is 15.3 Å². The second kappa shape index (κ2) is 10.9. The lowest BCUT2D eigenvalue weighted by molar-refractivity contribution is 0.0224. The Morgan fingerprint density at radius 2 is 1.67 bits per heavy atom. The van der Waals surface area contributed by atoms with Gasteiger partial charge < -0.3 is 25.0 Å². The number of ether oxygens (including phenoxy) is 2. The molecule has 2 heterocycles. The minimum absolute atomic E-state index is 0.0122. The molecule has 0 aliphatic carbocycles. The van der Waals surface area contributed by atoms with Gasteiger partial charge in [-0.1, -0.05) is 70.2 Å². The number of fused-ring (bicyclic) bond motifs is 6. The minimum atomic E-state index is -1.78. The normalized spacial score (nSPS) is 15.9. The Kier molecular flexibility index (Phi) is 7.23. The molecule has 4 aromatic carbocycles. The molecule has 13 heteroatoms. The Morgan fingerprint density at radius 3 is 2.40 bits per heavy atom. The summed E-state index contributed by atoms with van der Waals surface area (Å²) in [4.78, 5) is 29.4. The van der Waals surface area contributed by atoms with Crippen molar-refractivity contribution in [1.82, 2.24) is 5.32 Å². The average molecular weight is 638 g/mol. The van der Waals surface area contributed by atoms with Crippen molar-refractivity contribution in [3.63, 3.8) is 0 Å². The van der Waals surface area contributed by atoms with Crippen LogP contribution in [0.4, 0.5) is 0 Å². The molecule has 0 aromatic heterocycles. The number of azide groups is 1. The first-order chi connectivity index (χ1) is 20.7. The van der Waals surface area contributed by atoms with Gasteiger partial charge in [-0.3, -0.25) is 4.79 Å². The van der Waals surface area contributed by atoms with Gasteiger partial charge in [-0.25, -0.2) is 4.79 Å². The van der Waals surface area contributed by atoms with E-state index in [4.69, 9.17) is 49.8 Å². The van der Waals surface area contributed by atoms with Gasteiger partial charge in [0.1, 0.15) is 23.0 Å². The molecule has 2 aliphatic rings. The second-order valence-electron chi connectivity index (χ2n) is 9.74. The summed E-state index contributed by atoms with van der Waals surface area (Å²) >= 11 is 19.9. The molecule has 0 saturated heterocycles. The van der Waals surface area contributed by atoms with E-state index in [-0.39, 0.29) is 73.4 Å². The minimum Gasteiger partial charge on any atom is -0.507 e. The fourth-order valence-electron chi connectivity index (χ4n) is 5.38. The summed E-state index contributed by atoms with van der Waals surface area (Å²) in [5, 5.41) is 27.2. The SMILES string of the molecule is [N-]=[N+]=NCCCNC(=O)c1cc(Cl)c2c(c1Cl)C(=O)OC21c2cc(Cl)c(O)cc2Oc2cc(O)c(-c3ccccc3)cc21. The van der Waals surface area contributed by atoms with Gasteiger partial charge in [0.15, 0.2) is 5.60 Å². The van der Waals surface area contributed by atoms with Gasteiger partial charge in [0, 0.05) is 52.4 Å². The molecule has 1 atom stereocenters. The maximum Gasteiger partial charge on any atom is 0.341 e. The van der Waals surface area contributed by atoms with E-state index in [1.165, 1.54) is 24.3 Å². The summed E-state index contributed by atoms with van der Waals surface area (Å²) in [5.74, 6) is -1.64. The summed E-state index contributed by atoms with van der Waals surface area (Å²) < 4.78 is 12.3. The Balaban J connectivity index is 1.58. The molecule has 6 rings (SSSR count). The van der Waals surface area contributed by atoms with Crippen LogP contribution in [-0.4, -0.2) is 35.2 Å². The van der Waals surface area contributed by atoms with E-state index in [0.717, 1.165) is 0 Å². The number of carbonyl (C=O) groups excluding carboxylic acids is 2. The van der Waals surface area contributed by atoms with E-state index in [1.807, 2.05) is 18.2 Å². The molecule has 216 valence electrons. The van der Waals surface area contributed by atoms with E-state index in [1.54, 1.807) is 18.2 Å². The average Bonchev–Trinajstić information content (AvgIpc) is 3.30. The lowest BCUT2D eigenvalue weighted by Gasteiger charge is -2.37. The highest BCUT2D eigenvalue weighted by atomic mass is 35.5. The molecule has 1 spiro atoms. The van der Waals surface area contributed by atoms with Crippen molar-refractivity contribution in [1.29, 1.82) is 0 Å². The van der Waals surface area contributed by atoms with Gasteiger partial charge in [-0.2, -0.15) is 0 Å². The van der Waals surface area contributed by atoms with Gasteiger partial charge >= 0.3 is 5.97 Å². The Labute approximate surface area is 259 Å². The smallest absolute Gasteiger partial charge is 0.341 e. The molecule has 10 nitrogen and oxygen atoms in total. The van der Waals surface area contributed by atoms with Crippen molar-refractivity contribution in [3.8, 4) is 34.1 Å². The number of benzene rings is 4. The standard InChI is InChI=1S/C30H19Cl3N4O6/c31-19-11-18-24(13-22(19)39)42-23-12-21(38)15(14-5-2-1-3-6-14)9-17(23)30(18)26-20(32)10-16(27(33)25(26)29(41)43-30)28(40)35-7-4-8-36-37-34/h1-3,5-6,9-13,38-39H,4,7-8H2,(H,35,40). The van der Waals surface area contributed by atoms with Crippen molar-refractivity contribution in [2.24, 2.45) is 5.11 Å². The number of nitrogens with zero attached hydrogens (tertiary/aromatic N) is 3. The van der Waals surface area contributed by atoms with Crippen molar-refractivity contribution in [2.75, 3.05) is 13.1 Å². The van der Waals surface area contributed by atoms with Crippen molar-refractivity contribution in [2.45, 2.75) is 12.0 Å². The van der Waals surface area contributed by atoms with Crippen LogP contribution in [0.1, 0.15) is 43.8 Å². The topological polar surface area (TPSA) is 154 Å². The summed E-state index contributed by atoms with van der Waals surface area (Å²) in [6.07, 6.45) is 0.384. The number of hydrogen-bond acceptors (Lipinski definition) is 7. The zero-order valence-corrected chi connectivity index (χ0v) is 24.2. The summed E-state index contributed by atoms with van der Waals surface area (Å²) in [5.41, 5.74) is 8.23. The van der Waals surface area contributed by atoms with Crippen LogP contribution in [-0.2, 0) is 10.3 Å². The molecular formula is C30H19Cl3N4O6. The maximum atomic E-state index is 13.7. The third kappa shape index (κ3) is 4.56. The third-order valence-corrected chi connectivity index (χ3v) is 8.25. The Bertz CT molecular complexity index is 1900. The predicted octanol–water partition coefficient (Wildman–Crippen LogP) is 7.72. The lowest BCUT2D eigenvalue weighted by atomic mass is 9.76. The molecule has 3 N–H and O–H groups in total. The number of amides is 1. The molecule has 1 unspecified atom stereocenters. The molecule has 0 saturated carbocycles. The van der Waals surface area contributed by atoms with Gasteiger partial charge in [0.2, 0.25) is 0 Å². The van der Waals surface area contributed by atoms with Gasteiger partial charge in [0.25, 0.3) is 5.91 Å². The molecule has 1 amide bonds. The summed E-state index contributed by atoms with van der Waals surface area (Å²) in [7, 11) is 0. The fraction of sp³-hybridized carbons (Fsp3) is 0.133. The maximum absolute atomic E-state index is 13.7. The van der Waals surface area contributed by atoms with Crippen LogP contribution in [0.3, 0.4) is 0 Å². The molecule has 0 bridgehead atoms. The van der Waals surface area contributed by atoms with Crippen LogP contribution < -0.4 is 10.1 Å². The Hall–Kier alpha value is -4.60. The summed E-state index contributed by atoms with van der Waals surface area (Å²) in [6, 6.07) is 16.1. The molecule has 2 aliphatic heterocycles. The molecule has 43 heavy (non-hydrogen) atoms. The van der Waals surface area contributed by atoms with Crippen LogP contribution in [0.5, 0.6) is 23.0 Å². The first-order valence-corrected chi connectivity index (χ1v) is 14.0. The van der Waals surface area contributed by atoms with Crippen LogP contribution >= 0.6 is 34.8 Å². The van der Waals surface area contributed by atoms with Gasteiger partial charge in [-0.15, -0.1) is 0 Å². The van der Waals surface area contributed by atoms with Crippen LogP contribution in [0.25, 0.3) is 21.6 Å². The number of phenolic OH excluding ortho intramolecular Hbond substituents is 2. The highest BCUT2D eigenvalue weighted by Gasteiger charge is 2.56. The molecule has 4 aromatic rings. The number of esters is 1. The Morgan fingerprint density at radius 1 is 0.977 bits per heavy atom. The second-order valence-corrected chi connectivity index (χ2v) is 10.9. The van der Waals surface area contributed by atoms with Crippen LogP contribution in [0.2, 0.25) is 15.1 Å². The quantitative estimate of drug-likeness (QED) is 0.0646. The highest BCUT2D eigenvalue weighted by molar-refractivity contribution is 6.40. The lowest BCUT2D eigenvalue weighted by Crippen LogP contribution is -2.33. The van der Waals surface area contributed by atoms with E-state index in [9.17, 15) is 19.8 Å². The predicted molar refractivity (Wildman–Crippen MR) is 159 cm³/mol. The van der Waals surface area contributed by atoms with Crippen LogP contribution in [0.15, 0.2) is 65.8 Å². The third-order valence-electron chi connectivity index (χ3n) is 7.26. The number of rotatable bonds is 6. The number of hydrogen-bond donors (Lipinski definition) is 3. The highest BCUT2D eigenvalue weighted by Crippen LogP contribution is 2.61. The van der Waals surface area contributed by atoms with E-state index in [0.29, 0.717) is 23.1 Å². The molecule has 0 fully saturated rings. The number of aromatic hydroxyl groups is 2. The zero-order chi connectivity index (χ0) is 30.5. The van der Waals surface area contributed by atoms with Crippen molar-refractivity contribution in [3.05, 3.63) is 114 Å². The van der Waals surface area contributed by atoms with Gasteiger partial charge in [-0.05, 0) is 35.7 Å². The van der Waals surface area contributed by atoms with Crippen molar-refractivity contribution >= 4 is 46.7 Å². The summed E-state index contributed by atoms with van der Waals surface area (Å²) in [6.45, 7) is 0.368. The monoisotopic (exact) mass is 636 g/mol. The molecular weight excluding hydrogens is 619 g/mol. The van der Waals surface area contributed by atoms with E-state index < -0.39 is 17.5 Å². The fourth-order valence-corrected chi connectivity index (χ4v) is 6.19. The number of phenols is 2. The molecule has 0 radical (unpaired) electrons. The number of nitrogens with one attached hydrogen (secondary N) is 1. The first-order valence-electron chi connectivity index (χ1n) is 12.9. The van der Waals surface area contributed by atoms with Crippen molar-refractivity contribution < 1.29 is 29.3 Å². The largest absolute Gasteiger partial charge is 0.507 e. The number of carbonyl (C=O) groups is 2. The van der Waals surface area contributed by atoms with E-state index >= 15 is 0 Å². The first kappa shape index (κ1) is 28.5. The van der Waals surface area contributed by atoms with Crippen LogP contribution in [0, 0.1) is 0 Å². The number of halogens is 3. The zero-order valence-electron chi connectivity index (χ0n) is 21.9.